The summed E-state index contributed by atoms with van der Waals surface area (Å²) in [6.45, 7) is 0. The van der Waals surface area contributed by atoms with Gasteiger partial charge in [0.1, 0.15) is 11.5 Å². The van der Waals surface area contributed by atoms with Crippen LogP contribution in [0.3, 0.4) is 0 Å². The third-order valence-corrected chi connectivity index (χ3v) is 3.83. The molecule has 2 N–H and O–H groups in total. The van der Waals surface area contributed by atoms with Gasteiger partial charge in [-0.25, -0.2) is 5.43 Å². The number of nitrogens with one attached hydrogen (secondary N) is 2. The van der Waals surface area contributed by atoms with Gasteiger partial charge in [0, 0.05) is 22.9 Å². The SMILES string of the molecule is COc1ccc(/C=N\NC(=O)c2n[nH]c3c2CCC3)c(OC)c1. The Morgan fingerprint density at radius 2 is 2.22 bits per heavy atom. The first-order valence-electron chi connectivity index (χ1n) is 7.34. The molecule has 0 bridgehead atoms. The summed E-state index contributed by atoms with van der Waals surface area (Å²) < 4.78 is 10.4. The van der Waals surface area contributed by atoms with E-state index in [0.29, 0.717) is 17.2 Å². The zero-order valence-electron chi connectivity index (χ0n) is 13.0. The minimum absolute atomic E-state index is 0.312. The number of fused-ring (bicyclic) bond motifs is 1. The number of ether oxygens (including phenoxy) is 2. The summed E-state index contributed by atoms with van der Waals surface area (Å²) in [7, 11) is 3.16. The van der Waals surface area contributed by atoms with Crippen LogP contribution in [0.25, 0.3) is 0 Å². The van der Waals surface area contributed by atoms with Gasteiger partial charge in [-0.3, -0.25) is 9.89 Å². The number of carbonyl (C=O) groups is 1. The van der Waals surface area contributed by atoms with Gasteiger partial charge in [-0.2, -0.15) is 10.2 Å². The van der Waals surface area contributed by atoms with Crippen molar-refractivity contribution in [2.24, 2.45) is 5.10 Å². The molecule has 7 heteroatoms. The van der Waals surface area contributed by atoms with Crippen LogP contribution in [0.5, 0.6) is 11.5 Å². The molecular weight excluding hydrogens is 296 g/mol. The van der Waals surface area contributed by atoms with Crippen molar-refractivity contribution in [1.82, 2.24) is 15.6 Å². The van der Waals surface area contributed by atoms with Gasteiger partial charge in [0.2, 0.25) is 0 Å². The predicted molar refractivity (Wildman–Crippen MR) is 85.2 cm³/mol. The maximum Gasteiger partial charge on any atom is 0.292 e. The summed E-state index contributed by atoms with van der Waals surface area (Å²) in [5.74, 6) is 0.992. The first kappa shape index (κ1) is 15.1. The Morgan fingerprint density at radius 3 is 3.00 bits per heavy atom. The van der Waals surface area contributed by atoms with Crippen molar-refractivity contribution < 1.29 is 14.3 Å². The summed E-state index contributed by atoms with van der Waals surface area (Å²) in [5, 5.41) is 11.0. The zero-order chi connectivity index (χ0) is 16.2. The average molecular weight is 314 g/mol. The van der Waals surface area contributed by atoms with Crippen LogP contribution in [0.15, 0.2) is 23.3 Å². The minimum atomic E-state index is -0.312. The minimum Gasteiger partial charge on any atom is -0.497 e. The fraction of sp³-hybridized carbons (Fsp3) is 0.312. The molecule has 3 rings (SSSR count). The van der Waals surface area contributed by atoms with Crippen LogP contribution in [0.4, 0.5) is 0 Å². The maximum absolute atomic E-state index is 12.2. The molecule has 0 atom stereocenters. The molecule has 23 heavy (non-hydrogen) atoms. The topological polar surface area (TPSA) is 88.6 Å². The van der Waals surface area contributed by atoms with Gasteiger partial charge >= 0.3 is 0 Å². The zero-order valence-corrected chi connectivity index (χ0v) is 13.0. The van der Waals surface area contributed by atoms with E-state index in [1.807, 2.05) is 0 Å². The number of nitrogens with zero attached hydrogens (tertiary/aromatic N) is 2. The van der Waals surface area contributed by atoms with Crippen LogP contribution >= 0.6 is 0 Å². The number of hydrogen-bond donors (Lipinski definition) is 2. The third-order valence-electron chi connectivity index (χ3n) is 3.83. The standard InChI is InChI=1S/C16H18N4O3/c1-22-11-7-6-10(14(8-11)23-2)9-17-20-16(21)15-12-4-3-5-13(12)18-19-15/h6-9H,3-5H2,1-2H3,(H,18,19)(H,20,21)/b17-9-. The molecule has 1 aromatic heterocycles. The van der Waals surface area contributed by atoms with E-state index < -0.39 is 0 Å². The monoisotopic (exact) mass is 314 g/mol. The van der Waals surface area contributed by atoms with Gasteiger partial charge in [0.25, 0.3) is 5.91 Å². The lowest BCUT2D eigenvalue weighted by Crippen LogP contribution is -2.19. The second-order valence-electron chi connectivity index (χ2n) is 5.19. The van der Waals surface area contributed by atoms with Crippen molar-refractivity contribution in [3.05, 3.63) is 40.7 Å². The van der Waals surface area contributed by atoms with Gasteiger partial charge in [-0.05, 0) is 31.4 Å². The van der Waals surface area contributed by atoms with Crippen molar-refractivity contribution in [3.8, 4) is 11.5 Å². The Hall–Kier alpha value is -2.83. The molecule has 2 aromatic rings. The van der Waals surface area contributed by atoms with Gasteiger partial charge < -0.3 is 9.47 Å². The largest absolute Gasteiger partial charge is 0.497 e. The molecule has 1 amide bonds. The molecule has 1 aliphatic rings. The molecule has 0 spiro atoms. The van der Waals surface area contributed by atoms with Crippen molar-refractivity contribution in [3.63, 3.8) is 0 Å². The van der Waals surface area contributed by atoms with Crippen molar-refractivity contribution in [2.75, 3.05) is 14.2 Å². The van der Waals surface area contributed by atoms with Crippen LogP contribution in [-0.2, 0) is 12.8 Å². The lowest BCUT2D eigenvalue weighted by atomic mass is 10.2. The molecule has 0 unspecified atom stereocenters. The van der Waals surface area contributed by atoms with Gasteiger partial charge in [0.05, 0.1) is 20.4 Å². The number of methoxy groups -OCH3 is 2. The Bertz CT molecular complexity index is 752. The molecule has 1 aromatic carbocycles. The molecule has 0 radical (unpaired) electrons. The number of carbonyl (C=O) groups excluding carboxylic acids is 1. The second-order valence-corrected chi connectivity index (χ2v) is 5.19. The Balaban J connectivity index is 1.70. The van der Waals surface area contributed by atoms with E-state index in [4.69, 9.17) is 9.47 Å². The predicted octanol–water partition coefficient (Wildman–Crippen LogP) is 1.68. The van der Waals surface area contributed by atoms with Crippen LogP contribution in [0.1, 0.15) is 33.7 Å². The first-order valence-corrected chi connectivity index (χ1v) is 7.34. The highest BCUT2D eigenvalue weighted by atomic mass is 16.5. The number of aryl methyl sites for hydroxylation is 1. The van der Waals surface area contributed by atoms with Crippen LogP contribution in [0.2, 0.25) is 0 Å². The third kappa shape index (κ3) is 3.03. The number of aromatic nitrogens is 2. The number of amides is 1. The molecule has 0 saturated heterocycles. The summed E-state index contributed by atoms with van der Waals surface area (Å²) in [5.41, 5.74) is 5.72. The number of aromatic amines is 1. The van der Waals surface area contributed by atoms with Crippen molar-refractivity contribution in [2.45, 2.75) is 19.3 Å². The van der Waals surface area contributed by atoms with E-state index >= 15 is 0 Å². The Morgan fingerprint density at radius 1 is 1.35 bits per heavy atom. The lowest BCUT2D eigenvalue weighted by Gasteiger charge is -2.06. The number of benzene rings is 1. The normalized spacial score (nSPS) is 13.1. The fourth-order valence-electron chi connectivity index (χ4n) is 2.65. The van der Waals surface area contributed by atoms with E-state index in [1.54, 1.807) is 32.4 Å². The first-order chi connectivity index (χ1) is 11.2. The van der Waals surface area contributed by atoms with Crippen molar-refractivity contribution >= 4 is 12.1 Å². The smallest absolute Gasteiger partial charge is 0.292 e. The quantitative estimate of drug-likeness (QED) is 0.649. The number of H-pyrrole nitrogens is 1. The van der Waals surface area contributed by atoms with Gasteiger partial charge in [-0.15, -0.1) is 0 Å². The number of hydrazone groups is 1. The number of rotatable bonds is 5. The molecule has 0 saturated carbocycles. The van der Waals surface area contributed by atoms with Gasteiger partial charge in [0.15, 0.2) is 5.69 Å². The number of hydrogen-bond acceptors (Lipinski definition) is 5. The Kier molecular flexibility index (Phi) is 4.27. The van der Waals surface area contributed by atoms with Gasteiger partial charge in [-0.1, -0.05) is 0 Å². The highest BCUT2D eigenvalue weighted by Crippen LogP contribution is 2.24. The van der Waals surface area contributed by atoms with E-state index in [0.717, 1.165) is 36.1 Å². The lowest BCUT2D eigenvalue weighted by molar-refractivity contribution is 0.0949. The molecule has 120 valence electrons. The molecular formula is C16H18N4O3. The molecule has 1 aliphatic carbocycles. The van der Waals surface area contributed by atoms with E-state index in [1.165, 1.54) is 6.21 Å². The van der Waals surface area contributed by atoms with E-state index in [9.17, 15) is 4.79 Å². The fourth-order valence-corrected chi connectivity index (χ4v) is 2.65. The average Bonchev–Trinajstić information content (AvgIpc) is 3.18. The second kappa shape index (κ2) is 6.51. The van der Waals surface area contributed by atoms with E-state index in [2.05, 4.69) is 20.7 Å². The van der Waals surface area contributed by atoms with Crippen LogP contribution in [-0.4, -0.2) is 36.5 Å². The molecule has 0 fully saturated rings. The summed E-state index contributed by atoms with van der Waals surface area (Å²) in [6.07, 6.45) is 4.41. The Labute approximate surface area is 133 Å². The highest BCUT2D eigenvalue weighted by Gasteiger charge is 2.22. The summed E-state index contributed by atoms with van der Waals surface area (Å²) in [6, 6.07) is 5.36. The summed E-state index contributed by atoms with van der Waals surface area (Å²) >= 11 is 0. The van der Waals surface area contributed by atoms with E-state index in [-0.39, 0.29) is 5.91 Å². The molecule has 0 aliphatic heterocycles. The van der Waals surface area contributed by atoms with Crippen molar-refractivity contribution in [1.29, 1.82) is 0 Å². The molecule has 7 nitrogen and oxygen atoms in total. The van der Waals surface area contributed by atoms with Crippen LogP contribution in [0, 0.1) is 0 Å². The maximum atomic E-state index is 12.2. The van der Waals surface area contributed by atoms with Crippen LogP contribution < -0.4 is 14.9 Å². The molecule has 1 heterocycles. The summed E-state index contributed by atoms with van der Waals surface area (Å²) in [4.78, 5) is 12.2. The highest BCUT2D eigenvalue weighted by molar-refractivity contribution is 5.95.